The van der Waals surface area contributed by atoms with Crippen molar-refractivity contribution < 1.29 is 19.4 Å². The average molecular weight is 278 g/mol. The highest BCUT2D eigenvalue weighted by Gasteiger charge is 2.13. The summed E-state index contributed by atoms with van der Waals surface area (Å²) in [5, 5.41) is 8.71. The zero-order valence-corrected chi connectivity index (χ0v) is 11.8. The van der Waals surface area contributed by atoms with Crippen molar-refractivity contribution in [3.8, 4) is 11.5 Å². The van der Waals surface area contributed by atoms with Crippen molar-refractivity contribution in [1.82, 2.24) is 9.55 Å². The third-order valence-corrected chi connectivity index (χ3v) is 3.22. The molecule has 108 valence electrons. The van der Waals surface area contributed by atoms with Crippen LogP contribution in [0.25, 0.3) is 11.0 Å². The summed E-state index contributed by atoms with van der Waals surface area (Å²) in [4.78, 5) is 15.1. The maximum Gasteiger partial charge on any atom is 0.303 e. The molecule has 0 aliphatic carbocycles. The fraction of sp³-hybridized carbons (Fsp3) is 0.429. The number of carbonyl (C=O) groups is 1. The summed E-state index contributed by atoms with van der Waals surface area (Å²) in [6.45, 7) is 2.52. The molecule has 0 saturated carbocycles. The molecule has 0 bridgehead atoms. The summed E-state index contributed by atoms with van der Waals surface area (Å²) in [6.07, 6.45) is 0.711. The number of imidazole rings is 1. The minimum Gasteiger partial charge on any atom is -0.493 e. The first-order chi connectivity index (χ1) is 9.56. The molecule has 0 aliphatic heterocycles. The van der Waals surface area contributed by atoms with E-state index < -0.39 is 5.97 Å². The van der Waals surface area contributed by atoms with E-state index >= 15 is 0 Å². The molecule has 1 aromatic carbocycles. The van der Waals surface area contributed by atoms with Gasteiger partial charge in [-0.25, -0.2) is 4.98 Å². The Balaban J connectivity index is 2.38. The van der Waals surface area contributed by atoms with Crippen molar-refractivity contribution in [3.05, 3.63) is 18.0 Å². The number of carboxylic acid groups (broad SMARTS) is 1. The molecule has 6 nitrogen and oxygen atoms in total. The largest absolute Gasteiger partial charge is 0.493 e. The zero-order chi connectivity index (χ0) is 14.7. The molecule has 1 N–H and O–H groups in total. The molecular weight excluding hydrogens is 260 g/mol. The molecule has 1 heterocycles. The van der Waals surface area contributed by atoms with Crippen LogP contribution in [0.2, 0.25) is 0 Å². The Hall–Kier alpha value is -2.24. The van der Waals surface area contributed by atoms with Gasteiger partial charge in [-0.05, 0) is 13.3 Å². The standard InChI is InChI=1S/C14H18N2O4/c1-9-15-10-7-12(19-2)13(20-3)8-11(10)16(9)6-4-5-14(17)18/h7-8H,4-6H2,1-3H3,(H,17,18). The average Bonchev–Trinajstić information content (AvgIpc) is 2.72. The van der Waals surface area contributed by atoms with E-state index in [0.29, 0.717) is 24.5 Å². The molecular formula is C14H18N2O4. The zero-order valence-electron chi connectivity index (χ0n) is 11.8. The fourth-order valence-electron chi connectivity index (χ4n) is 2.24. The van der Waals surface area contributed by atoms with E-state index in [2.05, 4.69) is 4.98 Å². The number of aliphatic carboxylic acids is 1. The quantitative estimate of drug-likeness (QED) is 0.877. The van der Waals surface area contributed by atoms with Crippen LogP contribution < -0.4 is 9.47 Å². The third kappa shape index (κ3) is 2.68. The number of methoxy groups -OCH3 is 2. The Kier molecular flexibility index (Phi) is 4.12. The van der Waals surface area contributed by atoms with Crippen LogP contribution in [-0.2, 0) is 11.3 Å². The van der Waals surface area contributed by atoms with Crippen LogP contribution in [0.3, 0.4) is 0 Å². The van der Waals surface area contributed by atoms with Gasteiger partial charge in [-0.3, -0.25) is 4.79 Å². The number of aryl methyl sites for hydroxylation is 2. The highest BCUT2D eigenvalue weighted by atomic mass is 16.5. The summed E-state index contributed by atoms with van der Waals surface area (Å²) >= 11 is 0. The molecule has 0 spiro atoms. The van der Waals surface area contributed by atoms with Crippen LogP contribution >= 0.6 is 0 Å². The fourth-order valence-corrected chi connectivity index (χ4v) is 2.24. The molecule has 20 heavy (non-hydrogen) atoms. The van der Waals surface area contributed by atoms with Crippen LogP contribution in [0.5, 0.6) is 11.5 Å². The number of benzene rings is 1. The lowest BCUT2D eigenvalue weighted by Crippen LogP contribution is -2.03. The van der Waals surface area contributed by atoms with Gasteiger partial charge in [0.1, 0.15) is 5.82 Å². The highest BCUT2D eigenvalue weighted by molar-refractivity contribution is 5.80. The van der Waals surface area contributed by atoms with Gasteiger partial charge in [0.05, 0.1) is 25.3 Å². The van der Waals surface area contributed by atoms with E-state index in [-0.39, 0.29) is 6.42 Å². The molecule has 0 unspecified atom stereocenters. The lowest BCUT2D eigenvalue weighted by Gasteiger charge is -2.09. The van der Waals surface area contributed by atoms with E-state index in [1.165, 1.54) is 0 Å². The minimum atomic E-state index is -0.786. The highest BCUT2D eigenvalue weighted by Crippen LogP contribution is 2.32. The smallest absolute Gasteiger partial charge is 0.303 e. The van der Waals surface area contributed by atoms with Crippen LogP contribution in [0.15, 0.2) is 12.1 Å². The Morgan fingerprint density at radius 3 is 2.55 bits per heavy atom. The number of ether oxygens (including phenoxy) is 2. The minimum absolute atomic E-state index is 0.145. The number of carboxylic acids is 1. The predicted octanol–water partition coefficient (Wildman–Crippen LogP) is 2.23. The van der Waals surface area contributed by atoms with E-state index in [1.54, 1.807) is 14.2 Å². The van der Waals surface area contributed by atoms with E-state index in [1.807, 2.05) is 23.6 Å². The Bertz CT molecular complexity index is 634. The molecule has 2 rings (SSSR count). The first kappa shape index (κ1) is 14.2. The Labute approximate surface area is 116 Å². The number of hydrogen-bond acceptors (Lipinski definition) is 4. The summed E-state index contributed by atoms with van der Waals surface area (Å²) < 4.78 is 12.5. The molecule has 0 radical (unpaired) electrons. The van der Waals surface area contributed by atoms with Crippen molar-refractivity contribution >= 4 is 17.0 Å². The maximum atomic E-state index is 10.6. The summed E-state index contributed by atoms with van der Waals surface area (Å²) in [5.41, 5.74) is 1.74. The summed E-state index contributed by atoms with van der Waals surface area (Å²) in [6, 6.07) is 3.70. The van der Waals surface area contributed by atoms with E-state index in [0.717, 1.165) is 16.9 Å². The number of hydrogen-bond donors (Lipinski definition) is 1. The van der Waals surface area contributed by atoms with Gasteiger partial charge in [0.15, 0.2) is 11.5 Å². The molecule has 0 aliphatic rings. The van der Waals surface area contributed by atoms with Crippen molar-refractivity contribution in [2.24, 2.45) is 0 Å². The lowest BCUT2D eigenvalue weighted by molar-refractivity contribution is -0.137. The normalized spacial score (nSPS) is 10.8. The maximum absolute atomic E-state index is 10.6. The van der Waals surface area contributed by atoms with Gasteiger partial charge < -0.3 is 19.1 Å². The number of fused-ring (bicyclic) bond motifs is 1. The van der Waals surface area contributed by atoms with Crippen LogP contribution in [0, 0.1) is 6.92 Å². The summed E-state index contributed by atoms with van der Waals surface area (Å²) in [5.74, 6) is 1.33. The molecule has 0 saturated heterocycles. The van der Waals surface area contributed by atoms with Crippen molar-refractivity contribution in [1.29, 1.82) is 0 Å². The van der Waals surface area contributed by atoms with Gasteiger partial charge in [0.2, 0.25) is 0 Å². The van der Waals surface area contributed by atoms with E-state index in [9.17, 15) is 4.79 Å². The monoisotopic (exact) mass is 278 g/mol. The van der Waals surface area contributed by atoms with Gasteiger partial charge in [-0.1, -0.05) is 0 Å². The van der Waals surface area contributed by atoms with Crippen LogP contribution in [0.4, 0.5) is 0 Å². The van der Waals surface area contributed by atoms with Crippen LogP contribution in [-0.4, -0.2) is 34.8 Å². The van der Waals surface area contributed by atoms with Gasteiger partial charge in [0.25, 0.3) is 0 Å². The van der Waals surface area contributed by atoms with E-state index in [4.69, 9.17) is 14.6 Å². The molecule has 1 aromatic heterocycles. The van der Waals surface area contributed by atoms with Gasteiger partial charge >= 0.3 is 5.97 Å². The third-order valence-electron chi connectivity index (χ3n) is 3.22. The number of rotatable bonds is 6. The van der Waals surface area contributed by atoms with Gasteiger partial charge in [0, 0.05) is 25.1 Å². The van der Waals surface area contributed by atoms with Crippen molar-refractivity contribution in [3.63, 3.8) is 0 Å². The molecule has 0 amide bonds. The predicted molar refractivity (Wildman–Crippen MR) is 74.4 cm³/mol. The number of aromatic nitrogens is 2. The first-order valence-corrected chi connectivity index (χ1v) is 6.37. The number of nitrogens with zero attached hydrogens (tertiary/aromatic N) is 2. The van der Waals surface area contributed by atoms with Crippen molar-refractivity contribution in [2.45, 2.75) is 26.3 Å². The molecule has 0 atom stereocenters. The topological polar surface area (TPSA) is 73.6 Å². The molecule has 2 aromatic rings. The Morgan fingerprint density at radius 1 is 1.30 bits per heavy atom. The first-order valence-electron chi connectivity index (χ1n) is 6.37. The van der Waals surface area contributed by atoms with Crippen LogP contribution in [0.1, 0.15) is 18.7 Å². The molecule has 0 fully saturated rings. The van der Waals surface area contributed by atoms with Crippen molar-refractivity contribution in [2.75, 3.05) is 14.2 Å². The second kappa shape index (κ2) is 5.81. The van der Waals surface area contributed by atoms with Gasteiger partial charge in [-0.15, -0.1) is 0 Å². The SMILES string of the molecule is COc1cc2nc(C)n(CCCC(=O)O)c2cc1OC. The summed E-state index contributed by atoms with van der Waals surface area (Å²) in [7, 11) is 3.17. The van der Waals surface area contributed by atoms with Gasteiger partial charge in [-0.2, -0.15) is 0 Å². The molecule has 6 heteroatoms. The Morgan fingerprint density at radius 2 is 1.95 bits per heavy atom. The second-order valence-corrected chi connectivity index (χ2v) is 4.50. The lowest BCUT2D eigenvalue weighted by atomic mass is 10.2. The second-order valence-electron chi connectivity index (χ2n) is 4.50.